The molecule has 2 saturated carbocycles. The number of nitrogens with one attached hydrogen (secondary N) is 1. The molecular weight excluding hydrogens is 286 g/mol. The van der Waals surface area contributed by atoms with Crippen molar-refractivity contribution < 1.29 is 0 Å². The monoisotopic (exact) mass is 309 g/mol. The van der Waals surface area contributed by atoms with Gasteiger partial charge >= 0.3 is 0 Å². The molecule has 3 unspecified atom stereocenters. The lowest BCUT2D eigenvalue weighted by molar-refractivity contribution is 0.155. The molecule has 2 aliphatic carbocycles. The zero-order valence-corrected chi connectivity index (χ0v) is 14.2. The van der Waals surface area contributed by atoms with Crippen LogP contribution >= 0.6 is 11.6 Å². The van der Waals surface area contributed by atoms with Crippen LogP contribution in [-0.4, -0.2) is 35.1 Å². The normalized spacial score (nSPS) is 33.2. The first-order valence-corrected chi connectivity index (χ1v) is 7.95. The summed E-state index contributed by atoms with van der Waals surface area (Å²) < 4.78 is 0. The standard InChI is InChI=1S/C15H24ClN5/c1-14(2)9-6-7-15(3,8-9)10(14)17-12-18-11(16)19-13(20-12)21(4)5/h9-10H,6-8H2,1-5H3,(H,17,18,19,20). The second kappa shape index (κ2) is 4.70. The third kappa shape index (κ3) is 2.35. The van der Waals surface area contributed by atoms with Gasteiger partial charge in [0.1, 0.15) is 0 Å². The molecule has 2 fully saturated rings. The minimum atomic E-state index is 0.238. The third-order valence-corrected chi connectivity index (χ3v) is 5.71. The molecule has 6 heteroatoms. The van der Waals surface area contributed by atoms with Gasteiger partial charge in [0.05, 0.1) is 0 Å². The van der Waals surface area contributed by atoms with Crippen molar-refractivity contribution in [2.45, 2.75) is 46.1 Å². The predicted molar refractivity (Wildman–Crippen MR) is 85.8 cm³/mol. The molecule has 21 heavy (non-hydrogen) atoms. The lowest BCUT2D eigenvalue weighted by Crippen LogP contribution is -2.46. The van der Waals surface area contributed by atoms with Crippen molar-refractivity contribution in [3.05, 3.63) is 5.28 Å². The molecule has 1 aromatic heterocycles. The van der Waals surface area contributed by atoms with E-state index >= 15 is 0 Å². The zero-order chi connectivity index (χ0) is 15.4. The van der Waals surface area contributed by atoms with Crippen molar-refractivity contribution in [1.29, 1.82) is 0 Å². The Hall–Kier alpha value is -1.10. The molecule has 2 bridgehead atoms. The summed E-state index contributed by atoms with van der Waals surface area (Å²) in [6, 6.07) is 0.372. The van der Waals surface area contributed by atoms with Crippen LogP contribution < -0.4 is 10.2 Å². The van der Waals surface area contributed by atoms with Crippen LogP contribution in [0.15, 0.2) is 0 Å². The van der Waals surface area contributed by atoms with Crippen LogP contribution in [0.1, 0.15) is 40.0 Å². The fraction of sp³-hybridized carbons (Fsp3) is 0.800. The number of anilines is 2. The Kier molecular flexibility index (Phi) is 3.32. The van der Waals surface area contributed by atoms with Crippen LogP contribution in [0, 0.1) is 16.7 Å². The molecule has 0 radical (unpaired) electrons. The molecular formula is C15H24ClN5. The summed E-state index contributed by atoms with van der Waals surface area (Å²) in [6.07, 6.45) is 3.90. The lowest BCUT2D eigenvalue weighted by Gasteiger charge is -2.43. The number of fused-ring (bicyclic) bond motifs is 2. The molecule has 5 nitrogen and oxygen atoms in total. The van der Waals surface area contributed by atoms with Gasteiger partial charge in [0.2, 0.25) is 17.2 Å². The smallest absolute Gasteiger partial charge is 0.230 e. The number of halogens is 1. The van der Waals surface area contributed by atoms with Gasteiger partial charge in [0.15, 0.2) is 0 Å². The predicted octanol–water partition coefficient (Wildman–Crippen LogP) is 3.22. The Morgan fingerprint density at radius 3 is 2.48 bits per heavy atom. The van der Waals surface area contributed by atoms with E-state index in [0.717, 1.165) is 5.92 Å². The van der Waals surface area contributed by atoms with Crippen molar-refractivity contribution >= 4 is 23.5 Å². The summed E-state index contributed by atoms with van der Waals surface area (Å²) in [5.41, 5.74) is 0.579. The highest BCUT2D eigenvalue weighted by Crippen LogP contribution is 2.62. The van der Waals surface area contributed by atoms with E-state index in [1.54, 1.807) is 0 Å². The average molecular weight is 310 g/mol. The number of nitrogens with zero attached hydrogens (tertiary/aromatic N) is 4. The highest BCUT2D eigenvalue weighted by molar-refractivity contribution is 6.28. The maximum Gasteiger partial charge on any atom is 0.230 e. The molecule has 0 aliphatic heterocycles. The molecule has 0 spiro atoms. The first-order valence-electron chi connectivity index (χ1n) is 7.58. The largest absolute Gasteiger partial charge is 0.350 e. The summed E-state index contributed by atoms with van der Waals surface area (Å²) in [7, 11) is 3.80. The highest BCUT2D eigenvalue weighted by atomic mass is 35.5. The van der Waals surface area contributed by atoms with E-state index < -0.39 is 0 Å². The van der Waals surface area contributed by atoms with E-state index in [4.69, 9.17) is 11.6 Å². The Morgan fingerprint density at radius 2 is 1.90 bits per heavy atom. The fourth-order valence-corrected chi connectivity index (χ4v) is 4.55. The van der Waals surface area contributed by atoms with Gasteiger partial charge in [-0.1, -0.05) is 20.8 Å². The molecule has 0 saturated heterocycles. The summed E-state index contributed by atoms with van der Waals surface area (Å²) in [5, 5.41) is 3.80. The quantitative estimate of drug-likeness (QED) is 0.929. The van der Waals surface area contributed by atoms with Crippen molar-refractivity contribution in [3.63, 3.8) is 0 Å². The van der Waals surface area contributed by atoms with Crippen LogP contribution in [0.25, 0.3) is 0 Å². The highest BCUT2D eigenvalue weighted by Gasteiger charge is 2.59. The first-order chi connectivity index (χ1) is 9.72. The molecule has 116 valence electrons. The van der Waals surface area contributed by atoms with E-state index in [1.807, 2.05) is 19.0 Å². The van der Waals surface area contributed by atoms with Gasteiger partial charge in [-0.15, -0.1) is 0 Å². The van der Waals surface area contributed by atoms with E-state index in [1.165, 1.54) is 19.3 Å². The minimum Gasteiger partial charge on any atom is -0.350 e. The topological polar surface area (TPSA) is 53.9 Å². The first kappa shape index (κ1) is 14.8. The van der Waals surface area contributed by atoms with Gasteiger partial charge in [0.25, 0.3) is 0 Å². The van der Waals surface area contributed by atoms with Crippen LogP contribution in [0.3, 0.4) is 0 Å². The fourth-order valence-electron chi connectivity index (χ4n) is 4.40. The maximum absolute atomic E-state index is 6.04. The van der Waals surface area contributed by atoms with Crippen LogP contribution in [-0.2, 0) is 0 Å². The molecule has 0 aromatic carbocycles. The second-order valence-electron chi connectivity index (χ2n) is 7.61. The van der Waals surface area contributed by atoms with E-state index in [0.29, 0.717) is 23.4 Å². The summed E-state index contributed by atoms with van der Waals surface area (Å²) >= 11 is 6.04. The SMILES string of the molecule is CN(C)c1nc(Cl)nc(NC2C3(C)CCC(C3)C2(C)C)n1. The van der Waals surface area contributed by atoms with Gasteiger partial charge in [-0.25, -0.2) is 0 Å². The van der Waals surface area contributed by atoms with Gasteiger partial charge in [-0.3, -0.25) is 0 Å². The maximum atomic E-state index is 6.04. The molecule has 1 aromatic rings. The van der Waals surface area contributed by atoms with Crippen molar-refractivity contribution in [2.75, 3.05) is 24.3 Å². The molecule has 1 N–H and O–H groups in total. The second-order valence-corrected chi connectivity index (χ2v) is 7.95. The number of aromatic nitrogens is 3. The molecule has 3 rings (SSSR count). The van der Waals surface area contributed by atoms with E-state index in [-0.39, 0.29) is 10.7 Å². The Bertz CT molecular complexity index is 554. The number of hydrogen-bond donors (Lipinski definition) is 1. The van der Waals surface area contributed by atoms with Crippen LogP contribution in [0.5, 0.6) is 0 Å². The summed E-state index contributed by atoms with van der Waals surface area (Å²) in [5.74, 6) is 1.96. The van der Waals surface area contributed by atoms with Crippen molar-refractivity contribution in [2.24, 2.45) is 16.7 Å². The summed E-state index contributed by atoms with van der Waals surface area (Å²) in [4.78, 5) is 14.7. The molecule has 3 atom stereocenters. The van der Waals surface area contributed by atoms with E-state index in [2.05, 4.69) is 41.0 Å². The third-order valence-electron chi connectivity index (χ3n) is 5.54. The zero-order valence-electron chi connectivity index (χ0n) is 13.4. The van der Waals surface area contributed by atoms with Crippen LogP contribution in [0.2, 0.25) is 5.28 Å². The summed E-state index contributed by atoms with van der Waals surface area (Å²) in [6.45, 7) is 7.10. The van der Waals surface area contributed by atoms with Gasteiger partial charge in [-0.2, -0.15) is 15.0 Å². The van der Waals surface area contributed by atoms with Gasteiger partial charge in [-0.05, 0) is 47.6 Å². The minimum absolute atomic E-state index is 0.238. The van der Waals surface area contributed by atoms with Gasteiger partial charge < -0.3 is 10.2 Å². The Balaban J connectivity index is 1.90. The number of rotatable bonds is 3. The lowest BCUT2D eigenvalue weighted by atomic mass is 9.68. The molecule has 0 amide bonds. The Morgan fingerprint density at radius 1 is 1.19 bits per heavy atom. The van der Waals surface area contributed by atoms with Crippen LogP contribution in [0.4, 0.5) is 11.9 Å². The van der Waals surface area contributed by atoms with E-state index in [9.17, 15) is 0 Å². The van der Waals surface area contributed by atoms with Crippen molar-refractivity contribution in [1.82, 2.24) is 15.0 Å². The molecule has 1 heterocycles. The van der Waals surface area contributed by atoms with Crippen molar-refractivity contribution in [3.8, 4) is 0 Å². The number of hydrogen-bond acceptors (Lipinski definition) is 5. The Labute approximate surface area is 131 Å². The van der Waals surface area contributed by atoms with Gasteiger partial charge in [0, 0.05) is 20.1 Å². The average Bonchev–Trinajstić information content (AvgIpc) is 2.85. The molecule has 2 aliphatic rings.